The highest BCUT2D eigenvalue weighted by Gasteiger charge is 2.40. The van der Waals surface area contributed by atoms with Gasteiger partial charge in [0.05, 0.1) is 5.56 Å². The second-order valence-corrected chi connectivity index (χ2v) is 11.3. The zero-order chi connectivity index (χ0) is 25.7. The number of sulfonamides is 1. The van der Waals surface area contributed by atoms with E-state index in [0.717, 1.165) is 35.6 Å². The van der Waals surface area contributed by atoms with Crippen LogP contribution in [0.3, 0.4) is 0 Å². The molecule has 2 aromatic carbocycles. The number of nitrogens with zero attached hydrogens (tertiary/aromatic N) is 2. The van der Waals surface area contributed by atoms with E-state index in [1.165, 1.54) is 12.1 Å². The number of carbonyl (C=O) groups is 3. The number of carbonyl (C=O) groups excluding carboxylic acids is 3. The number of amides is 3. The van der Waals surface area contributed by atoms with Crippen LogP contribution < -0.4 is 5.32 Å². The summed E-state index contributed by atoms with van der Waals surface area (Å²) in [7, 11) is -3.91. The van der Waals surface area contributed by atoms with E-state index < -0.39 is 22.0 Å². The highest BCUT2D eigenvalue weighted by atomic mass is 32.2. The SMILES string of the molecule is CC(C(=O)NC1CCCC1)N(CCc1ccccc1)C(=O)CCCN1C(=O)c2ccccc2S1(=O)=O. The topological polar surface area (TPSA) is 104 Å². The van der Waals surface area contributed by atoms with Crippen molar-refractivity contribution in [2.45, 2.75) is 68.8 Å². The van der Waals surface area contributed by atoms with Gasteiger partial charge in [-0.05, 0) is 50.3 Å². The van der Waals surface area contributed by atoms with Crippen LogP contribution in [0.25, 0.3) is 0 Å². The van der Waals surface area contributed by atoms with Crippen molar-refractivity contribution in [2.75, 3.05) is 13.1 Å². The van der Waals surface area contributed by atoms with Crippen LogP contribution in [0.1, 0.15) is 61.4 Å². The van der Waals surface area contributed by atoms with E-state index in [4.69, 9.17) is 0 Å². The second-order valence-electron chi connectivity index (χ2n) is 9.47. The fraction of sp³-hybridized carbons (Fsp3) is 0.444. The highest BCUT2D eigenvalue weighted by Crippen LogP contribution is 2.30. The van der Waals surface area contributed by atoms with Gasteiger partial charge < -0.3 is 10.2 Å². The van der Waals surface area contributed by atoms with Crippen LogP contribution in [-0.4, -0.2) is 60.5 Å². The van der Waals surface area contributed by atoms with E-state index >= 15 is 0 Å². The summed E-state index contributed by atoms with van der Waals surface area (Å²) in [5.74, 6) is -0.971. The molecule has 0 radical (unpaired) electrons. The number of hydrogen-bond donors (Lipinski definition) is 1. The number of rotatable bonds is 10. The Balaban J connectivity index is 1.40. The van der Waals surface area contributed by atoms with Gasteiger partial charge >= 0.3 is 0 Å². The predicted octanol–water partition coefficient (Wildman–Crippen LogP) is 3.13. The Kier molecular flexibility index (Phi) is 8.08. The van der Waals surface area contributed by atoms with Crippen LogP contribution in [0.4, 0.5) is 0 Å². The van der Waals surface area contributed by atoms with Gasteiger partial charge in [0, 0.05) is 25.6 Å². The van der Waals surface area contributed by atoms with Gasteiger partial charge in [0.15, 0.2) is 0 Å². The zero-order valence-corrected chi connectivity index (χ0v) is 21.4. The lowest BCUT2D eigenvalue weighted by Crippen LogP contribution is -2.50. The number of nitrogens with one attached hydrogen (secondary N) is 1. The van der Waals surface area contributed by atoms with Gasteiger partial charge in [-0.1, -0.05) is 55.3 Å². The van der Waals surface area contributed by atoms with Crippen molar-refractivity contribution in [3.63, 3.8) is 0 Å². The average Bonchev–Trinajstić information content (AvgIpc) is 3.45. The molecule has 1 atom stereocenters. The van der Waals surface area contributed by atoms with Crippen LogP contribution in [0.2, 0.25) is 0 Å². The van der Waals surface area contributed by atoms with Crippen LogP contribution in [0.15, 0.2) is 59.5 Å². The Morgan fingerprint density at radius 1 is 1.06 bits per heavy atom. The molecular weight excluding hydrogens is 478 g/mol. The Labute approximate surface area is 212 Å². The van der Waals surface area contributed by atoms with Gasteiger partial charge in [-0.2, -0.15) is 0 Å². The van der Waals surface area contributed by atoms with Gasteiger partial charge in [0.25, 0.3) is 15.9 Å². The van der Waals surface area contributed by atoms with Crippen molar-refractivity contribution in [2.24, 2.45) is 0 Å². The molecule has 9 heteroatoms. The molecule has 1 N–H and O–H groups in total. The Hall–Kier alpha value is -3.20. The first-order valence-electron chi connectivity index (χ1n) is 12.6. The summed E-state index contributed by atoms with van der Waals surface area (Å²) >= 11 is 0. The molecule has 8 nitrogen and oxygen atoms in total. The molecule has 2 aromatic rings. The molecule has 1 heterocycles. The van der Waals surface area contributed by atoms with E-state index in [1.54, 1.807) is 24.0 Å². The molecule has 1 fully saturated rings. The number of fused-ring (bicyclic) bond motifs is 1. The fourth-order valence-corrected chi connectivity index (χ4v) is 6.54. The van der Waals surface area contributed by atoms with E-state index in [2.05, 4.69) is 5.32 Å². The molecule has 1 aliphatic carbocycles. The van der Waals surface area contributed by atoms with Gasteiger partial charge in [-0.15, -0.1) is 0 Å². The molecule has 4 rings (SSSR count). The van der Waals surface area contributed by atoms with Gasteiger partial charge in [0.1, 0.15) is 10.9 Å². The summed E-state index contributed by atoms with van der Waals surface area (Å²) in [6.07, 6.45) is 4.91. The molecule has 0 bridgehead atoms. The first-order valence-corrected chi connectivity index (χ1v) is 14.0. The van der Waals surface area contributed by atoms with Gasteiger partial charge in [0.2, 0.25) is 11.8 Å². The smallest absolute Gasteiger partial charge is 0.269 e. The standard InChI is InChI=1S/C27H33N3O5S/c1-20(26(32)28-22-12-5-6-13-22)29(19-17-21-10-3-2-4-11-21)25(31)16-9-18-30-27(33)23-14-7-8-15-24(23)36(30,34)35/h2-4,7-8,10-11,14-15,20,22H,5-6,9,12-13,16-19H2,1H3,(H,28,32). The lowest BCUT2D eigenvalue weighted by Gasteiger charge is -2.30. The number of hydrogen-bond acceptors (Lipinski definition) is 5. The van der Waals surface area contributed by atoms with E-state index in [9.17, 15) is 22.8 Å². The summed E-state index contributed by atoms with van der Waals surface area (Å²) in [6, 6.07) is 15.4. The van der Waals surface area contributed by atoms with Crippen LogP contribution in [0.5, 0.6) is 0 Å². The van der Waals surface area contributed by atoms with Crippen LogP contribution in [0, 0.1) is 0 Å². The summed E-state index contributed by atoms with van der Waals surface area (Å²) in [5, 5.41) is 3.07. The molecule has 1 aliphatic heterocycles. The van der Waals surface area contributed by atoms with E-state index in [-0.39, 0.29) is 47.7 Å². The molecule has 2 aliphatic rings. The maximum Gasteiger partial charge on any atom is 0.269 e. The van der Waals surface area contributed by atoms with Gasteiger partial charge in [-0.25, -0.2) is 12.7 Å². The summed E-state index contributed by atoms with van der Waals surface area (Å²) in [6.45, 7) is 2.02. The minimum Gasteiger partial charge on any atom is -0.352 e. The molecule has 192 valence electrons. The van der Waals surface area contributed by atoms with Crippen molar-refractivity contribution in [3.05, 3.63) is 65.7 Å². The first kappa shape index (κ1) is 25.9. The van der Waals surface area contributed by atoms with Crippen LogP contribution >= 0.6 is 0 Å². The maximum absolute atomic E-state index is 13.3. The fourth-order valence-electron chi connectivity index (χ4n) is 4.93. The van der Waals surface area contributed by atoms with Crippen molar-refractivity contribution < 1.29 is 22.8 Å². The summed E-state index contributed by atoms with van der Waals surface area (Å²) < 4.78 is 26.4. The minimum atomic E-state index is -3.91. The third-order valence-corrected chi connectivity index (χ3v) is 8.86. The molecule has 3 amide bonds. The molecule has 0 aromatic heterocycles. The Morgan fingerprint density at radius 2 is 1.72 bits per heavy atom. The monoisotopic (exact) mass is 511 g/mol. The predicted molar refractivity (Wildman–Crippen MR) is 136 cm³/mol. The zero-order valence-electron chi connectivity index (χ0n) is 20.6. The van der Waals surface area contributed by atoms with Crippen molar-refractivity contribution in [1.82, 2.24) is 14.5 Å². The average molecular weight is 512 g/mol. The molecular formula is C27H33N3O5S. The molecule has 0 saturated heterocycles. The number of benzene rings is 2. The third-order valence-electron chi connectivity index (χ3n) is 7.02. The summed E-state index contributed by atoms with van der Waals surface area (Å²) in [4.78, 5) is 40.5. The first-order chi connectivity index (χ1) is 17.3. The van der Waals surface area contributed by atoms with E-state index in [0.29, 0.717) is 13.0 Å². The van der Waals surface area contributed by atoms with Crippen molar-refractivity contribution in [1.29, 1.82) is 0 Å². The molecule has 0 spiro atoms. The van der Waals surface area contributed by atoms with E-state index in [1.807, 2.05) is 30.3 Å². The Bertz CT molecular complexity index is 1210. The largest absolute Gasteiger partial charge is 0.352 e. The molecule has 1 saturated carbocycles. The van der Waals surface area contributed by atoms with Crippen molar-refractivity contribution >= 4 is 27.7 Å². The normalized spacial score (nSPS) is 17.6. The van der Waals surface area contributed by atoms with Crippen molar-refractivity contribution in [3.8, 4) is 0 Å². The highest BCUT2D eigenvalue weighted by molar-refractivity contribution is 7.90. The molecule has 36 heavy (non-hydrogen) atoms. The maximum atomic E-state index is 13.3. The quantitative estimate of drug-likeness (QED) is 0.528. The minimum absolute atomic E-state index is 0.00280. The van der Waals surface area contributed by atoms with Gasteiger partial charge in [-0.3, -0.25) is 14.4 Å². The Morgan fingerprint density at radius 3 is 2.42 bits per heavy atom. The van der Waals surface area contributed by atoms with Crippen LogP contribution in [-0.2, 0) is 26.0 Å². The lowest BCUT2D eigenvalue weighted by atomic mass is 10.1. The molecule has 1 unspecified atom stereocenters. The third kappa shape index (κ3) is 5.61. The second kappa shape index (κ2) is 11.2. The lowest BCUT2D eigenvalue weighted by molar-refractivity contribution is -0.140. The summed E-state index contributed by atoms with van der Waals surface area (Å²) in [5.41, 5.74) is 1.22.